The minimum Gasteiger partial charge on any atom is -0.351 e. The fourth-order valence-corrected chi connectivity index (χ4v) is 4.73. The smallest absolute Gasteiger partial charge is 0.261 e. The van der Waals surface area contributed by atoms with Crippen LogP contribution >= 0.6 is 11.3 Å². The lowest BCUT2D eigenvalue weighted by Gasteiger charge is -2.23. The van der Waals surface area contributed by atoms with Crippen LogP contribution in [0.4, 0.5) is 4.39 Å². The molecule has 1 atom stereocenters. The lowest BCUT2D eigenvalue weighted by molar-refractivity contribution is 0.0958. The van der Waals surface area contributed by atoms with E-state index < -0.39 is 0 Å². The van der Waals surface area contributed by atoms with Crippen LogP contribution in [-0.4, -0.2) is 33.9 Å². The van der Waals surface area contributed by atoms with E-state index in [1.165, 1.54) is 17.0 Å². The number of carbonyl (C=O) groups excluding carboxylic acids is 1. The Labute approximate surface area is 167 Å². The fraction of sp³-hybridized carbons (Fsp3) is 0.333. The second-order valence-electron chi connectivity index (χ2n) is 7.04. The molecular weight excluding hydrogens is 375 g/mol. The zero-order valence-electron chi connectivity index (χ0n) is 15.5. The Morgan fingerprint density at radius 2 is 2.14 bits per heavy atom. The Hall–Kier alpha value is -2.51. The number of H-pyrrole nitrogens is 1. The number of aromatic amines is 1. The molecular formula is C21H23FN4OS. The summed E-state index contributed by atoms with van der Waals surface area (Å²) in [6.45, 7) is 2.40. The summed E-state index contributed by atoms with van der Waals surface area (Å²) in [5, 5.41) is 2.97. The molecule has 0 aliphatic carbocycles. The van der Waals surface area contributed by atoms with Crippen molar-refractivity contribution in [2.24, 2.45) is 0 Å². The van der Waals surface area contributed by atoms with E-state index in [9.17, 15) is 9.18 Å². The minimum absolute atomic E-state index is 0.0288. The molecule has 3 heterocycles. The van der Waals surface area contributed by atoms with E-state index in [1.807, 2.05) is 18.2 Å². The number of carbonyl (C=O) groups is 1. The Balaban J connectivity index is 1.35. The molecule has 4 rings (SSSR count). The molecule has 146 valence electrons. The maximum atomic E-state index is 13.1. The zero-order valence-corrected chi connectivity index (χ0v) is 16.3. The molecule has 28 heavy (non-hydrogen) atoms. The normalized spacial score (nSPS) is 17.1. The molecule has 0 bridgehead atoms. The molecule has 1 aliphatic rings. The van der Waals surface area contributed by atoms with Gasteiger partial charge in [-0.25, -0.2) is 9.37 Å². The molecule has 0 saturated carbocycles. The maximum absolute atomic E-state index is 13.1. The van der Waals surface area contributed by atoms with Crippen molar-refractivity contribution in [2.45, 2.75) is 31.8 Å². The molecule has 0 spiro atoms. The third kappa shape index (κ3) is 4.48. The molecule has 1 aromatic carbocycles. The second-order valence-corrected chi connectivity index (χ2v) is 8.16. The molecule has 0 radical (unpaired) electrons. The summed E-state index contributed by atoms with van der Waals surface area (Å²) in [7, 11) is 0. The molecule has 3 aromatic rings. The van der Waals surface area contributed by atoms with Gasteiger partial charge in [0.15, 0.2) is 0 Å². The summed E-state index contributed by atoms with van der Waals surface area (Å²) in [4.78, 5) is 23.8. The van der Waals surface area contributed by atoms with Crippen molar-refractivity contribution in [3.63, 3.8) is 0 Å². The highest BCUT2D eigenvalue weighted by atomic mass is 32.1. The van der Waals surface area contributed by atoms with Gasteiger partial charge in [0.05, 0.1) is 11.2 Å². The average molecular weight is 399 g/mol. The number of hydrogen-bond donors (Lipinski definition) is 2. The fourth-order valence-electron chi connectivity index (χ4n) is 3.64. The van der Waals surface area contributed by atoms with Gasteiger partial charge in [-0.3, -0.25) is 9.69 Å². The Kier molecular flexibility index (Phi) is 5.83. The van der Waals surface area contributed by atoms with Crippen LogP contribution in [0, 0.1) is 5.82 Å². The zero-order chi connectivity index (χ0) is 19.3. The lowest BCUT2D eigenvalue weighted by Crippen LogP contribution is -2.25. The van der Waals surface area contributed by atoms with Crippen LogP contribution in [0.25, 0.3) is 0 Å². The number of amides is 1. The van der Waals surface area contributed by atoms with Crippen molar-refractivity contribution in [1.82, 2.24) is 20.2 Å². The summed E-state index contributed by atoms with van der Waals surface area (Å²) in [5.74, 6) is -0.234. The van der Waals surface area contributed by atoms with Gasteiger partial charge >= 0.3 is 0 Å². The summed E-state index contributed by atoms with van der Waals surface area (Å²) >= 11 is 1.57. The maximum Gasteiger partial charge on any atom is 0.261 e. The molecule has 7 heteroatoms. The molecule has 5 nitrogen and oxygen atoms in total. The van der Waals surface area contributed by atoms with Crippen LogP contribution in [0.5, 0.6) is 0 Å². The third-order valence-electron chi connectivity index (χ3n) is 5.08. The quantitative estimate of drug-likeness (QED) is 0.634. The SMILES string of the molecule is O=C(NCCc1cnc[nH]1)c1ccc([C@H]2CCCN2Cc2ccc(F)cc2)s1. The highest BCUT2D eigenvalue weighted by Gasteiger charge is 2.27. The Morgan fingerprint density at radius 3 is 2.93 bits per heavy atom. The van der Waals surface area contributed by atoms with E-state index in [-0.39, 0.29) is 11.7 Å². The van der Waals surface area contributed by atoms with E-state index in [2.05, 4.69) is 26.3 Å². The number of aromatic nitrogens is 2. The first-order chi connectivity index (χ1) is 13.7. The molecule has 1 amide bonds. The molecule has 2 N–H and O–H groups in total. The summed E-state index contributed by atoms with van der Waals surface area (Å²) in [5.41, 5.74) is 2.12. The van der Waals surface area contributed by atoms with Crippen molar-refractivity contribution < 1.29 is 9.18 Å². The van der Waals surface area contributed by atoms with Crippen LogP contribution in [0.2, 0.25) is 0 Å². The number of rotatable bonds is 7. The molecule has 2 aromatic heterocycles. The van der Waals surface area contributed by atoms with Crippen molar-refractivity contribution in [3.05, 3.63) is 75.8 Å². The van der Waals surface area contributed by atoms with Crippen LogP contribution in [0.15, 0.2) is 48.9 Å². The number of nitrogens with zero attached hydrogens (tertiary/aromatic N) is 2. The van der Waals surface area contributed by atoms with Crippen LogP contribution in [0.3, 0.4) is 0 Å². The monoisotopic (exact) mass is 398 g/mol. The molecule has 1 aliphatic heterocycles. The Morgan fingerprint density at radius 1 is 1.29 bits per heavy atom. The van der Waals surface area contributed by atoms with E-state index in [1.54, 1.807) is 23.9 Å². The van der Waals surface area contributed by atoms with E-state index in [4.69, 9.17) is 0 Å². The number of likely N-dealkylation sites (tertiary alicyclic amines) is 1. The standard InChI is InChI=1S/C21H23FN4OS/c22-16-5-3-15(4-6-16)13-26-11-1-2-18(26)19-7-8-20(28-19)21(27)24-10-9-17-12-23-14-25-17/h3-8,12,14,18H,1-2,9-11,13H2,(H,23,25)(H,24,27)/t18-/m1/s1. The number of imidazole rings is 1. The van der Waals surface area contributed by atoms with Gasteiger partial charge in [0, 0.05) is 42.3 Å². The third-order valence-corrected chi connectivity index (χ3v) is 6.26. The van der Waals surface area contributed by atoms with Crippen LogP contribution in [0.1, 0.15) is 44.7 Å². The summed E-state index contributed by atoms with van der Waals surface area (Å²) in [6, 6.07) is 11.0. The van der Waals surface area contributed by atoms with Gasteiger partial charge in [0.2, 0.25) is 0 Å². The van der Waals surface area contributed by atoms with Crippen LogP contribution < -0.4 is 5.32 Å². The first-order valence-corrected chi connectivity index (χ1v) is 10.3. The van der Waals surface area contributed by atoms with Gasteiger partial charge in [0.25, 0.3) is 5.91 Å². The van der Waals surface area contributed by atoms with Gasteiger partial charge in [-0.2, -0.15) is 0 Å². The van der Waals surface area contributed by atoms with Crippen molar-refractivity contribution >= 4 is 17.2 Å². The van der Waals surface area contributed by atoms with Gasteiger partial charge < -0.3 is 10.3 Å². The molecule has 1 fully saturated rings. The second kappa shape index (κ2) is 8.67. The molecule has 0 unspecified atom stereocenters. The van der Waals surface area contributed by atoms with Gasteiger partial charge in [-0.1, -0.05) is 12.1 Å². The van der Waals surface area contributed by atoms with Crippen LogP contribution in [-0.2, 0) is 13.0 Å². The van der Waals surface area contributed by atoms with Crippen molar-refractivity contribution in [3.8, 4) is 0 Å². The van der Waals surface area contributed by atoms with Gasteiger partial charge in [-0.15, -0.1) is 11.3 Å². The first-order valence-electron chi connectivity index (χ1n) is 9.53. The van der Waals surface area contributed by atoms with E-state index in [0.717, 1.165) is 48.5 Å². The van der Waals surface area contributed by atoms with Gasteiger partial charge in [-0.05, 0) is 49.2 Å². The number of nitrogens with one attached hydrogen (secondary N) is 2. The minimum atomic E-state index is -0.205. The number of thiophene rings is 1. The van der Waals surface area contributed by atoms with Crippen molar-refractivity contribution in [1.29, 1.82) is 0 Å². The Bertz CT molecular complexity index is 907. The average Bonchev–Trinajstić information content (AvgIpc) is 3.45. The summed E-state index contributed by atoms with van der Waals surface area (Å²) in [6.07, 6.45) is 6.36. The van der Waals surface area contributed by atoms with E-state index in [0.29, 0.717) is 12.6 Å². The summed E-state index contributed by atoms with van der Waals surface area (Å²) < 4.78 is 13.1. The van der Waals surface area contributed by atoms with E-state index >= 15 is 0 Å². The van der Waals surface area contributed by atoms with Crippen molar-refractivity contribution in [2.75, 3.05) is 13.1 Å². The lowest BCUT2D eigenvalue weighted by atomic mass is 10.1. The predicted octanol–water partition coefficient (Wildman–Crippen LogP) is 3.92. The predicted molar refractivity (Wildman–Crippen MR) is 108 cm³/mol. The molecule has 1 saturated heterocycles. The largest absolute Gasteiger partial charge is 0.351 e. The highest BCUT2D eigenvalue weighted by molar-refractivity contribution is 7.14. The highest BCUT2D eigenvalue weighted by Crippen LogP contribution is 2.36. The first kappa shape index (κ1) is 18.8. The number of benzene rings is 1. The topological polar surface area (TPSA) is 61.0 Å². The van der Waals surface area contributed by atoms with Gasteiger partial charge in [0.1, 0.15) is 5.82 Å². The number of halogens is 1. The number of hydrogen-bond acceptors (Lipinski definition) is 4.